The number of para-hydroxylation sites is 1. The Balaban J connectivity index is 1.71. The molecule has 0 spiro atoms. The molecule has 6 nitrogen and oxygen atoms in total. The number of amides is 1. The van der Waals surface area contributed by atoms with E-state index in [1.807, 2.05) is 60.7 Å². The zero-order valence-electron chi connectivity index (χ0n) is 16.5. The van der Waals surface area contributed by atoms with Crippen LogP contribution in [0.15, 0.2) is 60.7 Å². The third kappa shape index (κ3) is 4.66. The van der Waals surface area contributed by atoms with Crippen molar-refractivity contribution in [1.82, 2.24) is 14.7 Å². The van der Waals surface area contributed by atoms with Gasteiger partial charge in [0.15, 0.2) is 6.10 Å². The first-order valence-corrected chi connectivity index (χ1v) is 9.56. The number of esters is 1. The predicted molar refractivity (Wildman–Crippen MR) is 111 cm³/mol. The van der Waals surface area contributed by atoms with Crippen LogP contribution in [0, 0.1) is 6.92 Å². The molecule has 0 aliphatic rings. The van der Waals surface area contributed by atoms with E-state index in [-0.39, 0.29) is 16.6 Å². The van der Waals surface area contributed by atoms with Crippen molar-refractivity contribution in [2.45, 2.75) is 26.5 Å². The number of rotatable bonds is 6. The van der Waals surface area contributed by atoms with Crippen LogP contribution in [0.2, 0.25) is 5.15 Å². The Hall–Kier alpha value is -3.12. The lowest BCUT2D eigenvalue weighted by Crippen LogP contribution is -2.37. The van der Waals surface area contributed by atoms with Crippen LogP contribution in [0.1, 0.15) is 28.5 Å². The second kappa shape index (κ2) is 8.92. The highest BCUT2D eigenvalue weighted by atomic mass is 35.5. The van der Waals surface area contributed by atoms with Gasteiger partial charge in [-0.1, -0.05) is 60.1 Å². The number of carbonyl (C=O) groups excluding carboxylic acids is 2. The molecule has 1 heterocycles. The maximum absolute atomic E-state index is 12.7. The molecule has 0 N–H and O–H groups in total. The Labute approximate surface area is 174 Å². The maximum atomic E-state index is 12.7. The molecule has 0 aliphatic carbocycles. The molecule has 1 atom stereocenters. The minimum atomic E-state index is -0.952. The zero-order chi connectivity index (χ0) is 21.0. The van der Waals surface area contributed by atoms with Gasteiger partial charge in [0, 0.05) is 13.6 Å². The van der Waals surface area contributed by atoms with E-state index in [0.29, 0.717) is 12.2 Å². The summed E-state index contributed by atoms with van der Waals surface area (Å²) in [6.45, 7) is 3.65. The number of aromatic nitrogens is 2. The molecular formula is C22H22ClN3O3. The number of ether oxygens (including phenoxy) is 1. The summed E-state index contributed by atoms with van der Waals surface area (Å²) in [7, 11) is 1.67. The van der Waals surface area contributed by atoms with Gasteiger partial charge in [-0.05, 0) is 31.5 Å². The Kier molecular flexibility index (Phi) is 6.34. The maximum Gasteiger partial charge on any atom is 0.344 e. The molecule has 0 saturated carbocycles. The molecular weight excluding hydrogens is 390 g/mol. The summed E-state index contributed by atoms with van der Waals surface area (Å²) in [5.41, 5.74) is 2.30. The summed E-state index contributed by atoms with van der Waals surface area (Å²) in [6, 6.07) is 18.8. The monoisotopic (exact) mass is 411 g/mol. The second-order valence-electron chi connectivity index (χ2n) is 6.73. The largest absolute Gasteiger partial charge is 0.449 e. The molecule has 29 heavy (non-hydrogen) atoms. The number of carbonyl (C=O) groups is 2. The van der Waals surface area contributed by atoms with Crippen molar-refractivity contribution in [3.8, 4) is 5.69 Å². The lowest BCUT2D eigenvalue weighted by Gasteiger charge is -2.21. The molecule has 1 amide bonds. The van der Waals surface area contributed by atoms with E-state index >= 15 is 0 Å². The number of nitrogens with zero attached hydrogens (tertiary/aromatic N) is 3. The molecule has 150 valence electrons. The molecule has 0 fully saturated rings. The number of likely N-dealkylation sites (N-methyl/N-ethyl adjacent to an activating group) is 1. The Bertz CT molecular complexity index is 1000. The molecule has 0 unspecified atom stereocenters. The topological polar surface area (TPSA) is 64.4 Å². The van der Waals surface area contributed by atoms with Crippen LogP contribution in [0.3, 0.4) is 0 Å². The molecule has 2 aromatic carbocycles. The highest BCUT2D eigenvalue weighted by Crippen LogP contribution is 2.24. The van der Waals surface area contributed by atoms with E-state index in [0.717, 1.165) is 11.3 Å². The summed E-state index contributed by atoms with van der Waals surface area (Å²) in [5.74, 6) is -0.977. The molecule has 7 heteroatoms. The van der Waals surface area contributed by atoms with Crippen LogP contribution in [-0.2, 0) is 16.1 Å². The van der Waals surface area contributed by atoms with Crippen LogP contribution in [-0.4, -0.2) is 39.7 Å². The van der Waals surface area contributed by atoms with Crippen LogP contribution in [0.25, 0.3) is 5.69 Å². The normalized spacial score (nSPS) is 11.7. The van der Waals surface area contributed by atoms with Crippen LogP contribution in [0.4, 0.5) is 0 Å². The summed E-state index contributed by atoms with van der Waals surface area (Å²) in [4.78, 5) is 26.8. The number of aryl methyl sites for hydroxylation is 1. The first-order valence-electron chi connectivity index (χ1n) is 9.19. The smallest absolute Gasteiger partial charge is 0.344 e. The van der Waals surface area contributed by atoms with Crippen molar-refractivity contribution in [2.75, 3.05) is 7.05 Å². The first kappa shape index (κ1) is 20.6. The average molecular weight is 412 g/mol. The van der Waals surface area contributed by atoms with E-state index in [9.17, 15) is 9.59 Å². The van der Waals surface area contributed by atoms with Gasteiger partial charge < -0.3 is 9.64 Å². The van der Waals surface area contributed by atoms with Crippen molar-refractivity contribution in [3.05, 3.63) is 82.6 Å². The summed E-state index contributed by atoms with van der Waals surface area (Å²) in [5, 5.41) is 4.48. The summed E-state index contributed by atoms with van der Waals surface area (Å²) >= 11 is 6.40. The van der Waals surface area contributed by atoms with Gasteiger partial charge >= 0.3 is 5.97 Å². The van der Waals surface area contributed by atoms with Crippen molar-refractivity contribution in [2.24, 2.45) is 0 Å². The van der Waals surface area contributed by atoms with Gasteiger partial charge in [0.1, 0.15) is 10.7 Å². The second-order valence-corrected chi connectivity index (χ2v) is 7.08. The molecule has 3 aromatic rings. The van der Waals surface area contributed by atoms with Crippen LogP contribution >= 0.6 is 11.6 Å². The standard InChI is InChI=1S/C22H22ClN3O3/c1-15-19(20(23)26(24-15)18-12-8-5-9-13-18)22(28)29-16(2)21(27)25(3)14-17-10-6-4-7-11-17/h4-13,16H,14H2,1-3H3/t16-/m1/s1. The Morgan fingerprint density at radius 3 is 2.31 bits per heavy atom. The molecule has 0 aliphatic heterocycles. The number of benzene rings is 2. The minimum Gasteiger partial charge on any atom is -0.449 e. The summed E-state index contributed by atoms with van der Waals surface area (Å²) in [6.07, 6.45) is -0.952. The van der Waals surface area contributed by atoms with E-state index in [1.165, 1.54) is 9.58 Å². The van der Waals surface area contributed by atoms with Gasteiger partial charge in [0.25, 0.3) is 5.91 Å². The van der Waals surface area contributed by atoms with Gasteiger partial charge in [-0.25, -0.2) is 9.48 Å². The van der Waals surface area contributed by atoms with Crippen LogP contribution < -0.4 is 0 Å². The van der Waals surface area contributed by atoms with Gasteiger partial charge in [0.05, 0.1) is 11.4 Å². The van der Waals surface area contributed by atoms with Crippen molar-refractivity contribution in [3.63, 3.8) is 0 Å². The summed E-state index contributed by atoms with van der Waals surface area (Å²) < 4.78 is 6.87. The van der Waals surface area contributed by atoms with Crippen LogP contribution in [0.5, 0.6) is 0 Å². The highest BCUT2D eigenvalue weighted by molar-refractivity contribution is 6.33. The molecule has 0 bridgehead atoms. The molecule has 0 saturated heterocycles. The van der Waals surface area contributed by atoms with Crippen molar-refractivity contribution in [1.29, 1.82) is 0 Å². The molecule has 1 aromatic heterocycles. The highest BCUT2D eigenvalue weighted by Gasteiger charge is 2.27. The number of halogens is 1. The quantitative estimate of drug-likeness (QED) is 0.574. The van der Waals surface area contributed by atoms with E-state index < -0.39 is 12.1 Å². The van der Waals surface area contributed by atoms with Gasteiger partial charge in [0.2, 0.25) is 0 Å². The lowest BCUT2D eigenvalue weighted by atomic mass is 10.2. The number of hydrogen-bond donors (Lipinski definition) is 0. The fourth-order valence-electron chi connectivity index (χ4n) is 2.99. The minimum absolute atomic E-state index is 0.149. The average Bonchev–Trinajstić information content (AvgIpc) is 3.02. The Morgan fingerprint density at radius 1 is 1.10 bits per heavy atom. The van der Waals surface area contributed by atoms with Gasteiger partial charge in [-0.2, -0.15) is 5.10 Å². The SMILES string of the molecule is Cc1nn(-c2ccccc2)c(Cl)c1C(=O)O[C@H](C)C(=O)N(C)Cc1ccccc1. The predicted octanol–water partition coefficient (Wildman–Crippen LogP) is 4.04. The molecule has 3 rings (SSSR count). The third-order valence-electron chi connectivity index (χ3n) is 4.48. The van der Waals surface area contributed by atoms with E-state index in [2.05, 4.69) is 5.10 Å². The fraction of sp³-hybridized carbons (Fsp3) is 0.227. The lowest BCUT2D eigenvalue weighted by molar-refractivity contribution is -0.139. The third-order valence-corrected chi connectivity index (χ3v) is 4.83. The Morgan fingerprint density at radius 2 is 1.69 bits per heavy atom. The van der Waals surface area contributed by atoms with E-state index in [1.54, 1.807) is 20.9 Å². The van der Waals surface area contributed by atoms with Gasteiger partial charge in [-0.15, -0.1) is 0 Å². The number of hydrogen-bond acceptors (Lipinski definition) is 4. The van der Waals surface area contributed by atoms with Gasteiger partial charge in [-0.3, -0.25) is 4.79 Å². The molecule has 0 radical (unpaired) electrons. The van der Waals surface area contributed by atoms with Crippen molar-refractivity contribution < 1.29 is 14.3 Å². The zero-order valence-corrected chi connectivity index (χ0v) is 17.3. The fourth-order valence-corrected chi connectivity index (χ4v) is 3.34. The first-order chi connectivity index (χ1) is 13.9. The van der Waals surface area contributed by atoms with E-state index in [4.69, 9.17) is 16.3 Å². The van der Waals surface area contributed by atoms with Crippen molar-refractivity contribution >= 4 is 23.5 Å².